The van der Waals surface area contributed by atoms with Crippen LogP contribution in [0.15, 0.2) is 52.1 Å². The molecule has 0 bridgehead atoms. The quantitative estimate of drug-likeness (QED) is 0.600. The molecule has 1 spiro atoms. The third-order valence-corrected chi connectivity index (χ3v) is 5.63. The smallest absolute Gasteiger partial charge is 0.291 e. The van der Waals surface area contributed by atoms with E-state index in [-0.39, 0.29) is 5.91 Å². The van der Waals surface area contributed by atoms with Crippen molar-refractivity contribution in [2.45, 2.75) is 26.3 Å². The minimum absolute atomic E-state index is 0.256. The molecule has 2 aromatic rings. The van der Waals surface area contributed by atoms with Crippen LogP contribution in [0.4, 0.5) is 5.69 Å². The fourth-order valence-electron chi connectivity index (χ4n) is 3.97. The molecule has 0 saturated carbocycles. The Morgan fingerprint density at radius 3 is 2.79 bits per heavy atom. The summed E-state index contributed by atoms with van der Waals surface area (Å²) < 4.78 is 10.8. The lowest BCUT2D eigenvalue weighted by molar-refractivity contribution is 0.0996. The van der Waals surface area contributed by atoms with Gasteiger partial charge in [0.1, 0.15) is 0 Å². The largest absolute Gasteiger partial charge is 0.459 e. The van der Waals surface area contributed by atoms with Gasteiger partial charge in [0.05, 0.1) is 19.4 Å². The number of carbonyl (C=O) groups excluding carboxylic acids is 1. The summed E-state index contributed by atoms with van der Waals surface area (Å²) in [5.74, 6) is 1.01. The molecule has 1 aromatic carbocycles. The number of likely N-dealkylation sites (tertiary alicyclic amines) is 1. The summed E-state index contributed by atoms with van der Waals surface area (Å²) in [6.07, 6.45) is 3.80. The van der Waals surface area contributed by atoms with Crippen molar-refractivity contribution in [1.82, 2.24) is 10.2 Å². The number of nitrogens with zero attached hydrogens (tertiary/aromatic N) is 2. The Hall–Kier alpha value is -2.80. The zero-order chi connectivity index (χ0) is 20.1. The Labute approximate surface area is 171 Å². The maximum absolute atomic E-state index is 12.1. The number of anilines is 1. The Morgan fingerprint density at radius 1 is 1.24 bits per heavy atom. The average molecular weight is 396 g/mol. The number of furan rings is 1. The predicted molar refractivity (Wildman–Crippen MR) is 112 cm³/mol. The molecule has 7 nitrogen and oxygen atoms in total. The average Bonchev–Trinajstić information content (AvgIpc) is 3.50. The highest BCUT2D eigenvalue weighted by Crippen LogP contribution is 2.38. The van der Waals surface area contributed by atoms with Crippen molar-refractivity contribution >= 4 is 17.6 Å². The molecule has 29 heavy (non-hydrogen) atoms. The fraction of sp³-hybridized carbons (Fsp3) is 0.455. The van der Waals surface area contributed by atoms with Gasteiger partial charge < -0.3 is 24.7 Å². The summed E-state index contributed by atoms with van der Waals surface area (Å²) in [6.45, 7) is 7.31. The Bertz CT molecular complexity index is 839. The molecule has 1 atom stereocenters. The van der Waals surface area contributed by atoms with Crippen molar-refractivity contribution in [2.24, 2.45) is 10.4 Å². The summed E-state index contributed by atoms with van der Waals surface area (Å²) in [7, 11) is 0. The first-order valence-corrected chi connectivity index (χ1v) is 10.2. The maximum atomic E-state index is 12.1. The van der Waals surface area contributed by atoms with E-state index in [1.165, 1.54) is 12.7 Å². The zero-order valence-corrected chi connectivity index (χ0v) is 16.8. The van der Waals surface area contributed by atoms with Gasteiger partial charge in [-0.1, -0.05) is 12.1 Å². The lowest BCUT2D eigenvalue weighted by atomic mass is 9.87. The van der Waals surface area contributed by atoms with Crippen LogP contribution < -0.4 is 10.6 Å². The van der Waals surface area contributed by atoms with E-state index in [2.05, 4.69) is 22.5 Å². The van der Waals surface area contributed by atoms with E-state index < -0.39 is 0 Å². The van der Waals surface area contributed by atoms with Crippen LogP contribution >= 0.6 is 0 Å². The highest BCUT2D eigenvalue weighted by Gasteiger charge is 2.42. The summed E-state index contributed by atoms with van der Waals surface area (Å²) in [4.78, 5) is 19.2. The minimum Gasteiger partial charge on any atom is -0.459 e. The number of guanidine groups is 1. The van der Waals surface area contributed by atoms with Crippen molar-refractivity contribution in [3.63, 3.8) is 0 Å². The van der Waals surface area contributed by atoms with Gasteiger partial charge in [0.2, 0.25) is 0 Å². The molecule has 2 saturated heterocycles. The summed E-state index contributed by atoms with van der Waals surface area (Å²) in [5.41, 5.74) is 2.13. The highest BCUT2D eigenvalue weighted by atomic mass is 16.5. The van der Waals surface area contributed by atoms with Gasteiger partial charge in [0, 0.05) is 37.3 Å². The van der Waals surface area contributed by atoms with Gasteiger partial charge in [-0.25, -0.2) is 4.99 Å². The summed E-state index contributed by atoms with van der Waals surface area (Å²) in [6, 6.07) is 11.1. The van der Waals surface area contributed by atoms with Crippen LogP contribution in [-0.2, 0) is 11.3 Å². The second-order valence-corrected chi connectivity index (χ2v) is 7.77. The van der Waals surface area contributed by atoms with Crippen molar-refractivity contribution in [3.05, 3.63) is 54.0 Å². The van der Waals surface area contributed by atoms with Crippen LogP contribution in [0, 0.1) is 5.41 Å². The summed E-state index contributed by atoms with van der Waals surface area (Å²) >= 11 is 0. The molecule has 2 aliphatic rings. The van der Waals surface area contributed by atoms with Gasteiger partial charge in [-0.05, 0) is 49.6 Å². The van der Waals surface area contributed by atoms with E-state index in [9.17, 15) is 4.79 Å². The van der Waals surface area contributed by atoms with E-state index >= 15 is 0 Å². The van der Waals surface area contributed by atoms with Crippen LogP contribution in [-0.4, -0.2) is 49.6 Å². The van der Waals surface area contributed by atoms with Crippen molar-refractivity contribution in [1.29, 1.82) is 0 Å². The molecule has 0 aliphatic carbocycles. The van der Waals surface area contributed by atoms with Crippen LogP contribution in [0.1, 0.15) is 35.9 Å². The fourth-order valence-corrected chi connectivity index (χ4v) is 3.97. The molecule has 3 heterocycles. The predicted octanol–water partition coefficient (Wildman–Crippen LogP) is 3.11. The molecule has 2 fully saturated rings. The number of hydrogen-bond acceptors (Lipinski definition) is 4. The third kappa shape index (κ3) is 4.62. The number of rotatable bonds is 5. The van der Waals surface area contributed by atoms with Gasteiger partial charge in [-0.2, -0.15) is 0 Å². The van der Waals surface area contributed by atoms with Gasteiger partial charge in [0.25, 0.3) is 5.91 Å². The third-order valence-electron chi connectivity index (χ3n) is 5.63. The molecule has 1 amide bonds. The van der Waals surface area contributed by atoms with E-state index in [0.717, 1.165) is 56.5 Å². The number of ether oxygens (including phenoxy) is 1. The Balaban J connectivity index is 1.36. The summed E-state index contributed by atoms with van der Waals surface area (Å²) in [5, 5.41) is 6.25. The topological polar surface area (TPSA) is 79.1 Å². The van der Waals surface area contributed by atoms with Crippen LogP contribution in [0.3, 0.4) is 0 Å². The normalized spacial score (nSPS) is 21.7. The number of aliphatic imine (C=N–C) groups is 1. The molecular formula is C22H28N4O3. The van der Waals surface area contributed by atoms with Crippen LogP contribution in [0.5, 0.6) is 0 Å². The lowest BCUT2D eigenvalue weighted by Crippen LogP contribution is -2.41. The first-order valence-electron chi connectivity index (χ1n) is 10.2. The molecule has 7 heteroatoms. The first kappa shape index (κ1) is 19.5. The van der Waals surface area contributed by atoms with Crippen molar-refractivity contribution in [3.8, 4) is 0 Å². The number of carbonyl (C=O) groups is 1. The van der Waals surface area contributed by atoms with Gasteiger partial charge in [0.15, 0.2) is 11.7 Å². The van der Waals surface area contributed by atoms with E-state index in [4.69, 9.17) is 14.1 Å². The molecule has 4 rings (SSSR count). The standard InChI is InChI=1S/C22H28N4O3/c1-2-23-21(26-11-9-22(15-26)10-13-28-16-22)24-14-17-5-7-18(8-6-17)25-20(27)19-4-3-12-29-19/h3-8,12H,2,9-11,13-16H2,1H3,(H,23,24)(H,25,27). The second kappa shape index (κ2) is 8.69. The highest BCUT2D eigenvalue weighted by molar-refractivity contribution is 6.02. The van der Waals surface area contributed by atoms with Gasteiger partial charge in [-0.3, -0.25) is 4.79 Å². The van der Waals surface area contributed by atoms with E-state index in [1.54, 1.807) is 12.1 Å². The monoisotopic (exact) mass is 396 g/mol. The SMILES string of the molecule is CCNC(=NCc1ccc(NC(=O)c2ccco2)cc1)N1CCC2(CCOC2)C1. The van der Waals surface area contributed by atoms with E-state index in [1.807, 2.05) is 24.3 Å². The maximum Gasteiger partial charge on any atom is 0.291 e. The van der Waals surface area contributed by atoms with Crippen LogP contribution in [0.25, 0.3) is 0 Å². The molecule has 1 aromatic heterocycles. The molecule has 2 N–H and O–H groups in total. The minimum atomic E-state index is -0.256. The second-order valence-electron chi connectivity index (χ2n) is 7.77. The van der Waals surface area contributed by atoms with Crippen molar-refractivity contribution < 1.29 is 13.9 Å². The number of hydrogen-bond donors (Lipinski definition) is 2. The van der Waals surface area contributed by atoms with E-state index in [0.29, 0.717) is 17.7 Å². The van der Waals surface area contributed by atoms with Crippen LogP contribution in [0.2, 0.25) is 0 Å². The first-order chi connectivity index (χ1) is 14.2. The molecule has 154 valence electrons. The molecule has 1 unspecified atom stereocenters. The van der Waals surface area contributed by atoms with Crippen molar-refractivity contribution in [2.75, 3.05) is 38.2 Å². The number of benzene rings is 1. The number of nitrogens with one attached hydrogen (secondary N) is 2. The van der Waals surface area contributed by atoms with Gasteiger partial charge >= 0.3 is 0 Å². The number of amides is 1. The molecular weight excluding hydrogens is 368 g/mol. The Kier molecular flexibility index (Phi) is 5.85. The molecule has 2 aliphatic heterocycles. The van der Waals surface area contributed by atoms with Gasteiger partial charge in [-0.15, -0.1) is 0 Å². The molecule has 0 radical (unpaired) electrons. The Morgan fingerprint density at radius 2 is 2.10 bits per heavy atom. The lowest BCUT2D eigenvalue weighted by Gasteiger charge is -2.25. The zero-order valence-electron chi connectivity index (χ0n) is 16.8.